The number of imidazole rings is 1. The highest BCUT2D eigenvalue weighted by molar-refractivity contribution is 7.99. The summed E-state index contributed by atoms with van der Waals surface area (Å²) in [4.78, 5) is 18.4. The molecular formula is C15H15N3O2S. The van der Waals surface area contributed by atoms with Crippen LogP contribution in [0.4, 0.5) is 0 Å². The number of aromatic nitrogens is 3. The maximum atomic E-state index is 11.1. The van der Waals surface area contributed by atoms with Gasteiger partial charge in [0.2, 0.25) is 0 Å². The zero-order valence-corrected chi connectivity index (χ0v) is 12.4. The number of nitrogens with one attached hydrogen (secondary N) is 1. The van der Waals surface area contributed by atoms with Gasteiger partial charge in [0.15, 0.2) is 10.8 Å². The van der Waals surface area contributed by atoms with Crippen LogP contribution in [0.3, 0.4) is 0 Å². The first-order valence-corrected chi connectivity index (χ1v) is 7.67. The largest absolute Gasteiger partial charge is 0.477 e. The lowest BCUT2D eigenvalue weighted by Gasteiger charge is -2.07. The number of hydrogen-bond acceptors (Lipinski definition) is 3. The minimum Gasteiger partial charge on any atom is -0.477 e. The molecule has 0 saturated heterocycles. The van der Waals surface area contributed by atoms with Crippen molar-refractivity contribution in [3.8, 4) is 0 Å². The van der Waals surface area contributed by atoms with E-state index in [-0.39, 0.29) is 5.69 Å². The highest BCUT2D eigenvalue weighted by Gasteiger charge is 2.16. The summed E-state index contributed by atoms with van der Waals surface area (Å²) in [5, 5.41) is 9.99. The van der Waals surface area contributed by atoms with Gasteiger partial charge in [-0.2, -0.15) is 0 Å². The van der Waals surface area contributed by atoms with Crippen LogP contribution in [0.25, 0.3) is 11.2 Å². The Labute approximate surface area is 126 Å². The van der Waals surface area contributed by atoms with E-state index in [9.17, 15) is 4.79 Å². The first-order chi connectivity index (χ1) is 10.2. The number of carboxylic acids is 1. The Bertz CT molecular complexity index is 777. The van der Waals surface area contributed by atoms with Crippen molar-refractivity contribution in [2.45, 2.75) is 18.6 Å². The molecule has 0 bridgehead atoms. The van der Waals surface area contributed by atoms with Gasteiger partial charge in [0, 0.05) is 0 Å². The SMILES string of the molecule is CCSc1nc2[nH]c(C(=O)O)cc2n1Cc1ccccc1. The van der Waals surface area contributed by atoms with Crippen molar-refractivity contribution in [2.75, 3.05) is 5.75 Å². The van der Waals surface area contributed by atoms with E-state index in [1.807, 2.05) is 18.2 Å². The molecule has 0 spiro atoms. The molecule has 0 aliphatic carbocycles. The van der Waals surface area contributed by atoms with E-state index in [2.05, 4.69) is 33.6 Å². The Morgan fingerprint density at radius 1 is 1.38 bits per heavy atom. The second-order valence-corrected chi connectivity index (χ2v) is 5.85. The topological polar surface area (TPSA) is 70.9 Å². The molecule has 3 aromatic rings. The maximum absolute atomic E-state index is 11.1. The number of carboxylic acid groups (broad SMARTS) is 1. The van der Waals surface area contributed by atoms with Crippen LogP contribution >= 0.6 is 11.8 Å². The molecular weight excluding hydrogens is 286 g/mol. The predicted molar refractivity (Wildman–Crippen MR) is 83.0 cm³/mol. The van der Waals surface area contributed by atoms with Crippen molar-refractivity contribution in [1.82, 2.24) is 14.5 Å². The quantitative estimate of drug-likeness (QED) is 0.710. The van der Waals surface area contributed by atoms with Crippen molar-refractivity contribution in [1.29, 1.82) is 0 Å². The molecule has 0 fully saturated rings. The van der Waals surface area contributed by atoms with Crippen molar-refractivity contribution in [3.05, 3.63) is 47.7 Å². The third kappa shape index (κ3) is 2.67. The normalized spacial score (nSPS) is 11.1. The number of H-pyrrole nitrogens is 1. The highest BCUT2D eigenvalue weighted by Crippen LogP contribution is 2.25. The number of fused-ring (bicyclic) bond motifs is 1. The van der Waals surface area contributed by atoms with Gasteiger partial charge in [-0.05, 0) is 17.4 Å². The van der Waals surface area contributed by atoms with Crippen LogP contribution in [-0.4, -0.2) is 31.4 Å². The number of carbonyl (C=O) groups is 1. The predicted octanol–water partition coefficient (Wildman–Crippen LogP) is 3.22. The Balaban J connectivity index is 2.07. The molecule has 1 aromatic carbocycles. The summed E-state index contributed by atoms with van der Waals surface area (Å²) in [6.45, 7) is 2.75. The van der Waals surface area contributed by atoms with Crippen molar-refractivity contribution in [2.24, 2.45) is 0 Å². The summed E-state index contributed by atoms with van der Waals surface area (Å²) < 4.78 is 2.06. The standard InChI is InChI=1S/C15H15N3O2S/c1-2-21-15-17-13-12(8-11(16-13)14(19)20)18(15)9-10-6-4-3-5-7-10/h3-8,16H,2,9H2,1H3,(H,19,20). The molecule has 108 valence electrons. The van der Waals surface area contributed by atoms with Crippen LogP contribution in [0.1, 0.15) is 23.0 Å². The molecule has 2 heterocycles. The van der Waals surface area contributed by atoms with Crippen molar-refractivity contribution < 1.29 is 9.90 Å². The molecule has 0 unspecified atom stereocenters. The molecule has 0 atom stereocenters. The number of aromatic amines is 1. The summed E-state index contributed by atoms with van der Waals surface area (Å²) >= 11 is 1.65. The van der Waals surface area contributed by atoms with Crippen LogP contribution in [0.5, 0.6) is 0 Å². The van der Waals surface area contributed by atoms with Gasteiger partial charge in [0.05, 0.1) is 12.1 Å². The lowest BCUT2D eigenvalue weighted by atomic mass is 10.2. The number of benzene rings is 1. The van der Waals surface area contributed by atoms with E-state index in [1.54, 1.807) is 17.8 Å². The molecule has 0 aliphatic rings. The first kappa shape index (κ1) is 13.8. The zero-order chi connectivity index (χ0) is 14.8. The summed E-state index contributed by atoms with van der Waals surface area (Å²) in [5.41, 5.74) is 2.78. The van der Waals surface area contributed by atoms with Gasteiger partial charge in [0.1, 0.15) is 5.69 Å². The molecule has 0 amide bonds. The average molecular weight is 301 g/mol. The lowest BCUT2D eigenvalue weighted by molar-refractivity contribution is 0.0691. The number of rotatable bonds is 5. The molecule has 21 heavy (non-hydrogen) atoms. The first-order valence-electron chi connectivity index (χ1n) is 6.68. The molecule has 2 N–H and O–H groups in total. The smallest absolute Gasteiger partial charge is 0.352 e. The van der Waals surface area contributed by atoms with Gasteiger partial charge < -0.3 is 14.7 Å². The highest BCUT2D eigenvalue weighted by atomic mass is 32.2. The summed E-state index contributed by atoms with van der Waals surface area (Å²) in [7, 11) is 0. The maximum Gasteiger partial charge on any atom is 0.352 e. The van der Waals surface area contributed by atoms with E-state index in [1.165, 1.54) is 0 Å². The van der Waals surface area contributed by atoms with Crippen LogP contribution < -0.4 is 0 Å². The molecule has 6 heteroatoms. The van der Waals surface area contributed by atoms with Gasteiger partial charge in [-0.3, -0.25) is 0 Å². The fourth-order valence-corrected chi connectivity index (χ4v) is 2.99. The van der Waals surface area contributed by atoms with Crippen molar-refractivity contribution >= 4 is 28.9 Å². The van der Waals surface area contributed by atoms with Gasteiger partial charge in [-0.15, -0.1) is 0 Å². The molecule has 0 radical (unpaired) electrons. The number of nitrogens with zero attached hydrogens (tertiary/aromatic N) is 2. The fraction of sp³-hybridized carbons (Fsp3) is 0.200. The third-order valence-corrected chi connectivity index (χ3v) is 4.05. The van der Waals surface area contributed by atoms with E-state index < -0.39 is 5.97 Å². The van der Waals surface area contributed by atoms with E-state index in [0.717, 1.165) is 22.0 Å². The lowest BCUT2D eigenvalue weighted by Crippen LogP contribution is -2.02. The number of thioether (sulfide) groups is 1. The second kappa shape index (κ2) is 5.65. The van der Waals surface area contributed by atoms with Gasteiger partial charge in [-0.1, -0.05) is 49.0 Å². The fourth-order valence-electron chi connectivity index (χ4n) is 2.26. The Kier molecular flexibility index (Phi) is 3.70. The van der Waals surface area contributed by atoms with E-state index in [4.69, 9.17) is 5.11 Å². The summed E-state index contributed by atoms with van der Waals surface area (Å²) in [6, 6.07) is 11.7. The van der Waals surface area contributed by atoms with Gasteiger partial charge >= 0.3 is 5.97 Å². The van der Waals surface area contributed by atoms with E-state index >= 15 is 0 Å². The zero-order valence-electron chi connectivity index (χ0n) is 11.5. The molecule has 0 aliphatic heterocycles. The Morgan fingerprint density at radius 3 is 2.81 bits per heavy atom. The molecule has 3 rings (SSSR count). The van der Waals surface area contributed by atoms with Crippen LogP contribution in [-0.2, 0) is 6.54 Å². The monoisotopic (exact) mass is 301 g/mol. The number of aromatic carboxylic acids is 1. The third-order valence-electron chi connectivity index (χ3n) is 3.19. The van der Waals surface area contributed by atoms with E-state index in [0.29, 0.717) is 12.2 Å². The average Bonchev–Trinajstić information content (AvgIpc) is 3.01. The van der Waals surface area contributed by atoms with Gasteiger partial charge in [-0.25, -0.2) is 9.78 Å². The van der Waals surface area contributed by atoms with Crippen LogP contribution in [0, 0.1) is 0 Å². The Hall–Kier alpha value is -2.21. The van der Waals surface area contributed by atoms with Crippen LogP contribution in [0.15, 0.2) is 41.6 Å². The Morgan fingerprint density at radius 2 is 2.14 bits per heavy atom. The molecule has 5 nitrogen and oxygen atoms in total. The molecule has 0 saturated carbocycles. The minimum atomic E-state index is -0.969. The van der Waals surface area contributed by atoms with Crippen LogP contribution in [0.2, 0.25) is 0 Å². The summed E-state index contributed by atoms with van der Waals surface area (Å²) in [6.07, 6.45) is 0. The number of hydrogen-bond donors (Lipinski definition) is 2. The van der Waals surface area contributed by atoms with Gasteiger partial charge in [0.25, 0.3) is 0 Å². The molecule has 2 aromatic heterocycles. The summed E-state index contributed by atoms with van der Waals surface area (Å²) in [5.74, 6) is -0.0517. The van der Waals surface area contributed by atoms with Crippen molar-refractivity contribution in [3.63, 3.8) is 0 Å². The minimum absolute atomic E-state index is 0.169. The second-order valence-electron chi connectivity index (χ2n) is 4.62.